The lowest BCUT2D eigenvalue weighted by Gasteiger charge is -2.14. The third kappa shape index (κ3) is 2.67. The molecule has 2 heterocycles. The van der Waals surface area contributed by atoms with Gasteiger partial charge in [-0.3, -0.25) is 0 Å². The lowest BCUT2D eigenvalue weighted by atomic mass is 10.1. The number of hydrogen-bond acceptors (Lipinski definition) is 3. The van der Waals surface area contributed by atoms with E-state index in [1.54, 1.807) is 12.3 Å². The monoisotopic (exact) mass is 276 g/mol. The van der Waals surface area contributed by atoms with Crippen molar-refractivity contribution in [2.24, 2.45) is 7.05 Å². The SMILES string of the molecule is Cn1ccnc1-c1cc(F)ccc1OCC1CCCO1. The van der Waals surface area contributed by atoms with Gasteiger partial charge in [-0.25, -0.2) is 9.37 Å². The minimum Gasteiger partial charge on any atom is -0.490 e. The molecule has 0 amide bonds. The molecule has 20 heavy (non-hydrogen) atoms. The molecule has 3 rings (SSSR count). The number of aromatic nitrogens is 2. The second-order valence-corrected chi connectivity index (χ2v) is 4.95. The first-order chi connectivity index (χ1) is 9.74. The number of rotatable bonds is 4. The minimum absolute atomic E-state index is 0.134. The molecule has 1 unspecified atom stereocenters. The van der Waals surface area contributed by atoms with Crippen molar-refractivity contribution in [3.63, 3.8) is 0 Å². The van der Waals surface area contributed by atoms with Crippen molar-refractivity contribution in [1.82, 2.24) is 9.55 Å². The summed E-state index contributed by atoms with van der Waals surface area (Å²) in [5.74, 6) is 1.02. The Hall–Kier alpha value is -1.88. The zero-order chi connectivity index (χ0) is 13.9. The van der Waals surface area contributed by atoms with Crippen LogP contribution in [0.1, 0.15) is 12.8 Å². The van der Waals surface area contributed by atoms with E-state index in [0.29, 0.717) is 23.7 Å². The highest BCUT2D eigenvalue weighted by Gasteiger charge is 2.18. The van der Waals surface area contributed by atoms with Crippen LogP contribution in [-0.2, 0) is 11.8 Å². The van der Waals surface area contributed by atoms with Gasteiger partial charge in [0.25, 0.3) is 0 Å². The largest absolute Gasteiger partial charge is 0.490 e. The van der Waals surface area contributed by atoms with E-state index in [1.807, 2.05) is 17.8 Å². The van der Waals surface area contributed by atoms with Gasteiger partial charge in [-0.05, 0) is 31.0 Å². The van der Waals surface area contributed by atoms with Crippen LogP contribution in [0.2, 0.25) is 0 Å². The normalized spacial score (nSPS) is 18.4. The number of hydrogen-bond donors (Lipinski definition) is 0. The number of ether oxygens (including phenoxy) is 2. The Morgan fingerprint density at radius 2 is 2.40 bits per heavy atom. The Kier molecular flexibility index (Phi) is 3.69. The summed E-state index contributed by atoms with van der Waals surface area (Å²) in [7, 11) is 1.87. The fourth-order valence-corrected chi connectivity index (χ4v) is 2.39. The van der Waals surface area contributed by atoms with E-state index in [1.165, 1.54) is 12.1 Å². The highest BCUT2D eigenvalue weighted by Crippen LogP contribution is 2.30. The van der Waals surface area contributed by atoms with Crippen LogP contribution >= 0.6 is 0 Å². The zero-order valence-corrected chi connectivity index (χ0v) is 11.4. The van der Waals surface area contributed by atoms with Gasteiger partial charge in [-0.2, -0.15) is 0 Å². The van der Waals surface area contributed by atoms with Crippen LogP contribution in [0, 0.1) is 5.82 Å². The van der Waals surface area contributed by atoms with E-state index in [2.05, 4.69) is 4.98 Å². The summed E-state index contributed by atoms with van der Waals surface area (Å²) in [5.41, 5.74) is 0.662. The maximum absolute atomic E-state index is 13.5. The molecule has 0 aliphatic carbocycles. The molecule has 0 N–H and O–H groups in total. The molecular formula is C15H17FN2O2. The lowest BCUT2D eigenvalue weighted by molar-refractivity contribution is 0.0681. The summed E-state index contributed by atoms with van der Waals surface area (Å²) in [6, 6.07) is 4.50. The summed E-state index contributed by atoms with van der Waals surface area (Å²) < 4.78 is 26.7. The lowest BCUT2D eigenvalue weighted by Crippen LogP contribution is -2.16. The van der Waals surface area contributed by atoms with Crippen molar-refractivity contribution in [1.29, 1.82) is 0 Å². The van der Waals surface area contributed by atoms with Crippen molar-refractivity contribution >= 4 is 0 Å². The molecule has 0 bridgehead atoms. The molecule has 5 heteroatoms. The van der Waals surface area contributed by atoms with Crippen LogP contribution in [0.15, 0.2) is 30.6 Å². The van der Waals surface area contributed by atoms with E-state index < -0.39 is 0 Å². The molecule has 2 aromatic rings. The second-order valence-electron chi connectivity index (χ2n) is 4.95. The predicted molar refractivity (Wildman–Crippen MR) is 73.1 cm³/mol. The fraction of sp³-hybridized carbons (Fsp3) is 0.400. The molecular weight excluding hydrogens is 259 g/mol. The molecule has 1 aliphatic rings. The molecule has 4 nitrogen and oxygen atoms in total. The molecule has 1 aliphatic heterocycles. The molecule has 1 aromatic carbocycles. The fourth-order valence-electron chi connectivity index (χ4n) is 2.39. The summed E-state index contributed by atoms with van der Waals surface area (Å²) in [6.45, 7) is 1.28. The Morgan fingerprint density at radius 1 is 1.50 bits per heavy atom. The maximum Gasteiger partial charge on any atom is 0.143 e. The Balaban J connectivity index is 1.84. The van der Waals surface area contributed by atoms with Crippen molar-refractivity contribution in [3.8, 4) is 17.1 Å². The second kappa shape index (κ2) is 5.63. The predicted octanol–water partition coefficient (Wildman–Crippen LogP) is 2.78. The number of halogens is 1. The average molecular weight is 276 g/mol. The first-order valence-electron chi connectivity index (χ1n) is 6.75. The molecule has 1 aromatic heterocycles. The summed E-state index contributed by atoms with van der Waals surface area (Å²) >= 11 is 0. The third-order valence-electron chi connectivity index (χ3n) is 3.45. The number of imidazole rings is 1. The molecule has 0 radical (unpaired) electrons. The molecule has 106 valence electrons. The van der Waals surface area contributed by atoms with Crippen LogP contribution in [0.25, 0.3) is 11.4 Å². The van der Waals surface area contributed by atoms with Gasteiger partial charge in [-0.15, -0.1) is 0 Å². The van der Waals surface area contributed by atoms with Crippen LogP contribution in [-0.4, -0.2) is 28.9 Å². The van der Waals surface area contributed by atoms with Crippen LogP contribution in [0.4, 0.5) is 4.39 Å². The smallest absolute Gasteiger partial charge is 0.143 e. The maximum atomic E-state index is 13.5. The van der Waals surface area contributed by atoms with Gasteiger partial charge < -0.3 is 14.0 Å². The van der Waals surface area contributed by atoms with E-state index in [-0.39, 0.29) is 11.9 Å². The van der Waals surface area contributed by atoms with Crippen molar-refractivity contribution in [3.05, 3.63) is 36.4 Å². The van der Waals surface area contributed by atoms with Crippen LogP contribution in [0.3, 0.4) is 0 Å². The van der Waals surface area contributed by atoms with Crippen molar-refractivity contribution in [2.75, 3.05) is 13.2 Å². The van der Waals surface area contributed by atoms with E-state index in [4.69, 9.17) is 9.47 Å². The van der Waals surface area contributed by atoms with Gasteiger partial charge in [-0.1, -0.05) is 0 Å². The summed E-state index contributed by atoms with van der Waals surface area (Å²) in [4.78, 5) is 4.25. The quantitative estimate of drug-likeness (QED) is 0.861. The van der Waals surface area contributed by atoms with Gasteiger partial charge in [0.05, 0.1) is 11.7 Å². The van der Waals surface area contributed by atoms with Gasteiger partial charge in [0.2, 0.25) is 0 Å². The Morgan fingerprint density at radius 3 is 3.10 bits per heavy atom. The molecule has 0 saturated carbocycles. The van der Waals surface area contributed by atoms with Gasteiger partial charge in [0.1, 0.15) is 24.0 Å². The van der Waals surface area contributed by atoms with E-state index in [0.717, 1.165) is 19.4 Å². The standard InChI is InChI=1S/C15H17FN2O2/c1-18-7-6-17-15(18)13-9-11(16)4-5-14(13)20-10-12-3-2-8-19-12/h4-7,9,12H,2-3,8,10H2,1H3. The highest BCUT2D eigenvalue weighted by molar-refractivity contribution is 5.64. The third-order valence-corrected chi connectivity index (χ3v) is 3.45. The number of benzene rings is 1. The Bertz CT molecular complexity index is 591. The van der Waals surface area contributed by atoms with Crippen LogP contribution in [0.5, 0.6) is 5.75 Å². The highest BCUT2D eigenvalue weighted by atomic mass is 19.1. The summed E-state index contributed by atoms with van der Waals surface area (Å²) in [5, 5.41) is 0. The van der Waals surface area contributed by atoms with Crippen molar-refractivity contribution in [2.45, 2.75) is 18.9 Å². The topological polar surface area (TPSA) is 36.3 Å². The first-order valence-corrected chi connectivity index (χ1v) is 6.75. The molecule has 0 spiro atoms. The Labute approximate surface area is 117 Å². The van der Waals surface area contributed by atoms with Gasteiger partial charge >= 0.3 is 0 Å². The summed E-state index contributed by atoms with van der Waals surface area (Å²) in [6.07, 6.45) is 5.73. The van der Waals surface area contributed by atoms with Crippen LogP contribution < -0.4 is 4.74 Å². The zero-order valence-electron chi connectivity index (χ0n) is 11.4. The molecule has 1 saturated heterocycles. The van der Waals surface area contributed by atoms with E-state index in [9.17, 15) is 4.39 Å². The molecule has 1 fully saturated rings. The van der Waals surface area contributed by atoms with Gasteiger partial charge in [0, 0.05) is 26.0 Å². The number of aryl methyl sites for hydroxylation is 1. The number of nitrogens with zero attached hydrogens (tertiary/aromatic N) is 2. The minimum atomic E-state index is -0.299. The van der Waals surface area contributed by atoms with E-state index >= 15 is 0 Å². The first kappa shape index (κ1) is 13.1. The van der Waals surface area contributed by atoms with Gasteiger partial charge in [0.15, 0.2) is 0 Å². The average Bonchev–Trinajstić information content (AvgIpc) is 3.08. The van der Waals surface area contributed by atoms with Crippen molar-refractivity contribution < 1.29 is 13.9 Å². The molecule has 1 atom stereocenters.